The summed E-state index contributed by atoms with van der Waals surface area (Å²) in [7, 11) is 0. The van der Waals surface area contributed by atoms with Crippen molar-refractivity contribution in [3.63, 3.8) is 0 Å². The lowest BCUT2D eigenvalue weighted by Crippen LogP contribution is -2.43. The minimum Gasteiger partial charge on any atom is -0.444 e. The second kappa shape index (κ2) is 6.74. The summed E-state index contributed by atoms with van der Waals surface area (Å²) in [5.41, 5.74) is -0.462. The van der Waals surface area contributed by atoms with Crippen molar-refractivity contribution in [3.05, 3.63) is 18.6 Å². The summed E-state index contributed by atoms with van der Waals surface area (Å²) >= 11 is 0. The number of nitrogens with zero attached hydrogens (tertiary/aromatic N) is 2. The van der Waals surface area contributed by atoms with E-state index in [0.29, 0.717) is 6.04 Å². The molecule has 1 aromatic rings. The number of ether oxygens (including phenoxy) is 1. The lowest BCUT2D eigenvalue weighted by Gasteiger charge is -2.31. The van der Waals surface area contributed by atoms with Crippen LogP contribution in [0.25, 0.3) is 0 Å². The molecule has 0 radical (unpaired) electrons. The zero-order valence-electron chi connectivity index (χ0n) is 12.9. The first-order valence-electron chi connectivity index (χ1n) is 7.44. The van der Waals surface area contributed by atoms with Crippen LogP contribution >= 0.6 is 0 Å². The van der Waals surface area contributed by atoms with Crippen molar-refractivity contribution >= 4 is 11.9 Å². The fraction of sp³-hybridized carbons (Fsp3) is 0.667. The number of rotatable bonds is 3. The van der Waals surface area contributed by atoms with Crippen LogP contribution < -0.4 is 10.6 Å². The molecule has 1 aliphatic carbocycles. The highest BCUT2D eigenvalue weighted by atomic mass is 16.6. The number of hydrogen-bond donors (Lipinski definition) is 2. The van der Waals surface area contributed by atoms with Crippen LogP contribution in [0.1, 0.15) is 46.5 Å². The Bertz CT molecular complexity index is 458. The molecular weight excluding hydrogens is 268 g/mol. The Labute approximate surface area is 125 Å². The number of anilines is 1. The molecule has 0 spiro atoms. The summed E-state index contributed by atoms with van der Waals surface area (Å²) in [5.74, 6) is 0.778. The van der Waals surface area contributed by atoms with Crippen molar-refractivity contribution in [1.29, 1.82) is 0 Å². The fourth-order valence-corrected chi connectivity index (χ4v) is 2.51. The minimum atomic E-state index is -0.462. The molecule has 0 aliphatic heterocycles. The van der Waals surface area contributed by atoms with Gasteiger partial charge in [-0.2, -0.15) is 0 Å². The maximum Gasteiger partial charge on any atom is 0.407 e. The Hall–Kier alpha value is -1.85. The van der Waals surface area contributed by atoms with Gasteiger partial charge in [0.05, 0.1) is 6.20 Å². The van der Waals surface area contributed by atoms with Crippen molar-refractivity contribution < 1.29 is 9.53 Å². The van der Waals surface area contributed by atoms with E-state index in [1.807, 2.05) is 20.8 Å². The van der Waals surface area contributed by atoms with Gasteiger partial charge < -0.3 is 15.4 Å². The van der Waals surface area contributed by atoms with Crippen molar-refractivity contribution in [2.45, 2.75) is 64.1 Å². The summed E-state index contributed by atoms with van der Waals surface area (Å²) in [6.45, 7) is 5.60. The smallest absolute Gasteiger partial charge is 0.407 e. The Morgan fingerprint density at radius 2 is 2.05 bits per heavy atom. The normalized spacial score (nSPS) is 22.4. The maximum atomic E-state index is 11.8. The Morgan fingerprint density at radius 3 is 2.71 bits per heavy atom. The molecule has 0 saturated heterocycles. The maximum absolute atomic E-state index is 11.8. The summed E-state index contributed by atoms with van der Waals surface area (Å²) < 4.78 is 5.30. The van der Waals surface area contributed by atoms with E-state index in [4.69, 9.17) is 4.74 Å². The molecule has 1 saturated carbocycles. The first-order chi connectivity index (χ1) is 9.92. The fourth-order valence-electron chi connectivity index (χ4n) is 2.51. The van der Waals surface area contributed by atoms with Crippen LogP contribution in [0.2, 0.25) is 0 Å². The molecule has 0 aromatic carbocycles. The average molecular weight is 292 g/mol. The van der Waals surface area contributed by atoms with Gasteiger partial charge >= 0.3 is 6.09 Å². The highest BCUT2D eigenvalue weighted by Crippen LogP contribution is 2.21. The molecule has 21 heavy (non-hydrogen) atoms. The van der Waals surface area contributed by atoms with Gasteiger partial charge in [0, 0.05) is 24.5 Å². The number of carbonyl (C=O) groups is 1. The Balaban J connectivity index is 1.82. The van der Waals surface area contributed by atoms with Gasteiger partial charge in [0.2, 0.25) is 0 Å². The van der Waals surface area contributed by atoms with E-state index in [9.17, 15) is 4.79 Å². The molecule has 6 heteroatoms. The van der Waals surface area contributed by atoms with E-state index >= 15 is 0 Å². The molecule has 116 valence electrons. The van der Waals surface area contributed by atoms with E-state index in [2.05, 4.69) is 20.6 Å². The molecule has 2 N–H and O–H groups in total. The van der Waals surface area contributed by atoms with Gasteiger partial charge in [-0.1, -0.05) is 0 Å². The van der Waals surface area contributed by atoms with E-state index in [-0.39, 0.29) is 12.1 Å². The van der Waals surface area contributed by atoms with E-state index in [0.717, 1.165) is 31.5 Å². The van der Waals surface area contributed by atoms with E-state index in [1.165, 1.54) is 0 Å². The Morgan fingerprint density at radius 1 is 1.29 bits per heavy atom. The lowest BCUT2D eigenvalue weighted by atomic mass is 9.91. The third-order valence-electron chi connectivity index (χ3n) is 3.31. The number of alkyl carbamates (subject to hydrolysis) is 1. The van der Waals surface area contributed by atoms with Gasteiger partial charge in [0.25, 0.3) is 0 Å². The molecule has 0 unspecified atom stereocenters. The van der Waals surface area contributed by atoms with Gasteiger partial charge in [-0.15, -0.1) is 0 Å². The van der Waals surface area contributed by atoms with Crippen LogP contribution in [0, 0.1) is 0 Å². The SMILES string of the molecule is CC(C)(C)OC(=O)N[C@H]1CCC[C@H](Nc2cnccn2)C1. The van der Waals surface area contributed by atoms with Crippen LogP contribution in [0.3, 0.4) is 0 Å². The topological polar surface area (TPSA) is 76.1 Å². The van der Waals surface area contributed by atoms with Crippen LogP contribution in [0.5, 0.6) is 0 Å². The number of amides is 1. The molecule has 1 aromatic heterocycles. The summed E-state index contributed by atoms with van der Waals surface area (Å²) in [6, 6.07) is 0.443. The third-order valence-corrected chi connectivity index (χ3v) is 3.31. The quantitative estimate of drug-likeness (QED) is 0.896. The van der Waals surface area contributed by atoms with Crippen LogP contribution in [-0.4, -0.2) is 33.7 Å². The minimum absolute atomic E-state index is 0.141. The molecule has 2 atom stereocenters. The number of aromatic nitrogens is 2. The first kappa shape index (κ1) is 15.5. The van der Waals surface area contributed by atoms with Gasteiger partial charge in [0.15, 0.2) is 0 Å². The number of carbonyl (C=O) groups excluding carboxylic acids is 1. The monoisotopic (exact) mass is 292 g/mol. The lowest BCUT2D eigenvalue weighted by molar-refractivity contribution is 0.0492. The molecule has 1 heterocycles. The predicted molar refractivity (Wildman–Crippen MR) is 81.1 cm³/mol. The summed E-state index contributed by atoms with van der Waals surface area (Å²) in [5, 5.41) is 6.32. The van der Waals surface area contributed by atoms with Gasteiger partial charge in [-0.05, 0) is 46.5 Å². The van der Waals surface area contributed by atoms with Gasteiger partial charge in [0.1, 0.15) is 11.4 Å². The van der Waals surface area contributed by atoms with Gasteiger partial charge in [-0.25, -0.2) is 9.78 Å². The zero-order valence-corrected chi connectivity index (χ0v) is 12.9. The standard InChI is InChI=1S/C15H24N4O2/c1-15(2,3)21-14(20)19-12-6-4-5-11(9-12)18-13-10-16-7-8-17-13/h7-8,10-12H,4-6,9H2,1-3H3,(H,17,18)(H,19,20)/t11-,12-/m0/s1. The van der Waals surface area contributed by atoms with Crippen molar-refractivity contribution in [3.8, 4) is 0 Å². The first-order valence-corrected chi connectivity index (χ1v) is 7.44. The highest BCUT2D eigenvalue weighted by molar-refractivity contribution is 5.68. The largest absolute Gasteiger partial charge is 0.444 e. The summed E-state index contributed by atoms with van der Waals surface area (Å²) in [6.07, 6.45) is 8.69. The molecular formula is C15H24N4O2. The van der Waals surface area contributed by atoms with Crippen LogP contribution in [-0.2, 0) is 4.74 Å². The number of hydrogen-bond acceptors (Lipinski definition) is 5. The second-order valence-electron chi connectivity index (χ2n) is 6.44. The number of nitrogens with one attached hydrogen (secondary N) is 2. The molecule has 6 nitrogen and oxygen atoms in total. The molecule has 2 rings (SSSR count). The highest BCUT2D eigenvalue weighted by Gasteiger charge is 2.25. The third kappa shape index (κ3) is 5.57. The second-order valence-corrected chi connectivity index (χ2v) is 6.44. The van der Waals surface area contributed by atoms with Crippen molar-refractivity contribution in [2.75, 3.05) is 5.32 Å². The molecule has 0 bridgehead atoms. The van der Waals surface area contributed by atoms with Crippen LogP contribution in [0.4, 0.5) is 10.6 Å². The van der Waals surface area contributed by atoms with E-state index in [1.54, 1.807) is 18.6 Å². The average Bonchev–Trinajstić information content (AvgIpc) is 2.38. The predicted octanol–water partition coefficient (Wildman–Crippen LogP) is 2.72. The van der Waals surface area contributed by atoms with Crippen molar-refractivity contribution in [2.24, 2.45) is 0 Å². The molecule has 1 aliphatic rings. The summed E-state index contributed by atoms with van der Waals surface area (Å²) in [4.78, 5) is 20.1. The Kier molecular flexibility index (Phi) is 4.98. The van der Waals surface area contributed by atoms with E-state index < -0.39 is 5.60 Å². The molecule has 1 fully saturated rings. The van der Waals surface area contributed by atoms with Crippen LogP contribution in [0.15, 0.2) is 18.6 Å². The van der Waals surface area contributed by atoms with Gasteiger partial charge in [-0.3, -0.25) is 4.98 Å². The molecule has 1 amide bonds. The van der Waals surface area contributed by atoms with Crippen molar-refractivity contribution in [1.82, 2.24) is 15.3 Å². The zero-order chi connectivity index (χ0) is 15.3.